The van der Waals surface area contributed by atoms with Gasteiger partial charge in [0.05, 0.1) is 26.5 Å². The van der Waals surface area contributed by atoms with E-state index in [2.05, 4.69) is 5.10 Å². The van der Waals surface area contributed by atoms with Crippen LogP contribution in [-0.4, -0.2) is 24.0 Å². The standard InChI is InChI=1S/C22H17F3N2O2/c1-28-14-7-8-15(20(11-14)29-2)22-16-4-3-5-18(24)21(16)26-27(22)12-13-6-9-17(23)19(25)10-13/h3-11H,12H2,1-2H3. The van der Waals surface area contributed by atoms with E-state index < -0.39 is 17.5 Å². The molecule has 0 saturated heterocycles. The Balaban J connectivity index is 1.93. The minimum Gasteiger partial charge on any atom is -0.497 e. The van der Waals surface area contributed by atoms with Crippen molar-refractivity contribution in [3.63, 3.8) is 0 Å². The highest BCUT2D eigenvalue weighted by molar-refractivity contribution is 5.95. The highest BCUT2D eigenvalue weighted by atomic mass is 19.2. The molecule has 0 radical (unpaired) electrons. The molecule has 3 aromatic carbocycles. The molecule has 0 bridgehead atoms. The predicted octanol–water partition coefficient (Wildman–Crippen LogP) is 5.19. The van der Waals surface area contributed by atoms with Crippen molar-refractivity contribution in [3.05, 3.63) is 77.6 Å². The van der Waals surface area contributed by atoms with Gasteiger partial charge in [-0.05, 0) is 35.9 Å². The molecule has 7 heteroatoms. The molecule has 0 fully saturated rings. The summed E-state index contributed by atoms with van der Waals surface area (Å²) < 4.78 is 53.7. The number of benzene rings is 3. The van der Waals surface area contributed by atoms with Crippen molar-refractivity contribution in [2.24, 2.45) is 0 Å². The second-order valence-corrected chi connectivity index (χ2v) is 6.46. The smallest absolute Gasteiger partial charge is 0.159 e. The largest absolute Gasteiger partial charge is 0.497 e. The van der Waals surface area contributed by atoms with E-state index >= 15 is 0 Å². The summed E-state index contributed by atoms with van der Waals surface area (Å²) in [5, 5.41) is 4.97. The second kappa shape index (κ2) is 7.50. The van der Waals surface area contributed by atoms with Gasteiger partial charge in [0.15, 0.2) is 17.5 Å². The zero-order valence-electron chi connectivity index (χ0n) is 15.7. The monoisotopic (exact) mass is 398 g/mol. The lowest BCUT2D eigenvalue weighted by Gasteiger charge is -2.13. The molecular weight excluding hydrogens is 381 g/mol. The van der Waals surface area contributed by atoms with E-state index in [1.807, 2.05) is 0 Å². The molecule has 0 aliphatic carbocycles. The number of hydrogen-bond acceptors (Lipinski definition) is 3. The summed E-state index contributed by atoms with van der Waals surface area (Å²) in [6.07, 6.45) is 0. The molecule has 0 saturated carbocycles. The van der Waals surface area contributed by atoms with Crippen LogP contribution < -0.4 is 9.47 Å². The topological polar surface area (TPSA) is 36.3 Å². The van der Waals surface area contributed by atoms with Crippen molar-refractivity contribution in [1.82, 2.24) is 9.78 Å². The number of rotatable bonds is 5. The lowest BCUT2D eigenvalue weighted by atomic mass is 10.1. The van der Waals surface area contributed by atoms with E-state index in [1.54, 1.807) is 42.1 Å². The lowest BCUT2D eigenvalue weighted by molar-refractivity contribution is 0.395. The summed E-state index contributed by atoms with van der Waals surface area (Å²) in [6, 6.07) is 13.6. The Morgan fingerprint density at radius 1 is 0.862 bits per heavy atom. The molecule has 4 nitrogen and oxygen atoms in total. The van der Waals surface area contributed by atoms with Crippen LogP contribution in [0.25, 0.3) is 22.2 Å². The van der Waals surface area contributed by atoms with E-state index in [0.717, 1.165) is 12.1 Å². The number of ether oxygens (including phenoxy) is 2. The summed E-state index contributed by atoms with van der Waals surface area (Å²) in [6.45, 7) is 0.121. The van der Waals surface area contributed by atoms with Crippen LogP contribution >= 0.6 is 0 Å². The molecule has 0 aliphatic rings. The molecule has 4 rings (SSSR count). The first kappa shape index (κ1) is 18.9. The average molecular weight is 398 g/mol. The predicted molar refractivity (Wildman–Crippen MR) is 104 cm³/mol. The fraction of sp³-hybridized carbons (Fsp3) is 0.136. The SMILES string of the molecule is COc1ccc(-c2c3cccc(F)c3nn2Cc2ccc(F)c(F)c2)c(OC)c1. The number of methoxy groups -OCH3 is 2. The van der Waals surface area contributed by atoms with Gasteiger partial charge >= 0.3 is 0 Å². The molecule has 0 aliphatic heterocycles. The van der Waals surface area contributed by atoms with E-state index in [-0.39, 0.29) is 12.1 Å². The maximum Gasteiger partial charge on any atom is 0.159 e. The second-order valence-electron chi connectivity index (χ2n) is 6.46. The van der Waals surface area contributed by atoms with Gasteiger partial charge in [0, 0.05) is 17.0 Å². The third kappa shape index (κ3) is 3.40. The average Bonchev–Trinajstić information content (AvgIpc) is 3.09. The van der Waals surface area contributed by atoms with E-state index in [4.69, 9.17) is 9.47 Å². The van der Waals surface area contributed by atoms with Crippen LogP contribution in [0.3, 0.4) is 0 Å². The van der Waals surface area contributed by atoms with Crippen LogP contribution in [0, 0.1) is 17.5 Å². The molecule has 29 heavy (non-hydrogen) atoms. The molecule has 0 unspecified atom stereocenters. The Labute approximate surface area is 165 Å². The molecule has 0 spiro atoms. The summed E-state index contributed by atoms with van der Waals surface area (Å²) in [4.78, 5) is 0. The molecule has 0 N–H and O–H groups in total. The van der Waals surface area contributed by atoms with Gasteiger partial charge < -0.3 is 9.47 Å². The van der Waals surface area contributed by atoms with Crippen molar-refractivity contribution in [3.8, 4) is 22.8 Å². The Morgan fingerprint density at radius 2 is 1.69 bits per heavy atom. The molecule has 4 aromatic rings. The first-order chi connectivity index (χ1) is 14.0. The van der Waals surface area contributed by atoms with E-state index in [9.17, 15) is 13.2 Å². The number of hydrogen-bond donors (Lipinski definition) is 0. The number of aromatic nitrogens is 2. The molecule has 1 aromatic heterocycles. The van der Waals surface area contributed by atoms with Gasteiger partial charge in [-0.1, -0.05) is 18.2 Å². The molecule has 0 amide bonds. The summed E-state index contributed by atoms with van der Waals surface area (Å²) >= 11 is 0. The van der Waals surface area contributed by atoms with Gasteiger partial charge in [0.25, 0.3) is 0 Å². The van der Waals surface area contributed by atoms with Crippen LogP contribution in [0.4, 0.5) is 13.2 Å². The van der Waals surface area contributed by atoms with Crippen LogP contribution in [0.15, 0.2) is 54.6 Å². The van der Waals surface area contributed by atoms with Crippen molar-refractivity contribution in [2.75, 3.05) is 14.2 Å². The van der Waals surface area contributed by atoms with Gasteiger partial charge in [0.1, 0.15) is 17.0 Å². The highest BCUT2D eigenvalue weighted by Crippen LogP contribution is 2.38. The van der Waals surface area contributed by atoms with Gasteiger partial charge in [0.2, 0.25) is 0 Å². The van der Waals surface area contributed by atoms with Crippen molar-refractivity contribution < 1.29 is 22.6 Å². The normalized spacial score (nSPS) is 11.1. The Hall–Kier alpha value is -3.48. The fourth-order valence-electron chi connectivity index (χ4n) is 3.32. The number of nitrogens with zero attached hydrogens (tertiary/aromatic N) is 2. The highest BCUT2D eigenvalue weighted by Gasteiger charge is 2.20. The van der Waals surface area contributed by atoms with Crippen LogP contribution in [-0.2, 0) is 6.54 Å². The number of halogens is 3. The van der Waals surface area contributed by atoms with Crippen molar-refractivity contribution in [1.29, 1.82) is 0 Å². The first-order valence-corrected chi connectivity index (χ1v) is 8.83. The maximum atomic E-state index is 14.4. The summed E-state index contributed by atoms with van der Waals surface area (Å²) in [5.74, 6) is -1.23. The van der Waals surface area contributed by atoms with Gasteiger partial charge in [-0.25, -0.2) is 13.2 Å². The Bertz CT molecular complexity index is 1200. The van der Waals surface area contributed by atoms with E-state index in [0.29, 0.717) is 33.7 Å². The van der Waals surface area contributed by atoms with E-state index in [1.165, 1.54) is 19.2 Å². The molecule has 0 atom stereocenters. The third-order valence-electron chi connectivity index (χ3n) is 4.70. The lowest BCUT2D eigenvalue weighted by Crippen LogP contribution is -2.05. The van der Waals surface area contributed by atoms with Crippen molar-refractivity contribution in [2.45, 2.75) is 6.54 Å². The Morgan fingerprint density at radius 3 is 2.41 bits per heavy atom. The van der Waals surface area contributed by atoms with Crippen LogP contribution in [0.2, 0.25) is 0 Å². The zero-order valence-corrected chi connectivity index (χ0v) is 15.7. The molecule has 148 valence electrons. The minimum absolute atomic E-state index is 0.121. The Kier molecular flexibility index (Phi) is 4.88. The molecule has 1 heterocycles. The summed E-state index contributed by atoms with van der Waals surface area (Å²) in [7, 11) is 3.07. The van der Waals surface area contributed by atoms with Crippen molar-refractivity contribution >= 4 is 10.9 Å². The van der Waals surface area contributed by atoms with Crippen LogP contribution in [0.5, 0.6) is 11.5 Å². The summed E-state index contributed by atoms with van der Waals surface area (Å²) in [5.41, 5.74) is 1.95. The van der Waals surface area contributed by atoms with Crippen LogP contribution in [0.1, 0.15) is 5.56 Å². The van der Waals surface area contributed by atoms with Gasteiger partial charge in [-0.2, -0.15) is 5.10 Å². The fourth-order valence-corrected chi connectivity index (χ4v) is 3.32. The zero-order chi connectivity index (χ0) is 20.5. The third-order valence-corrected chi connectivity index (χ3v) is 4.70. The first-order valence-electron chi connectivity index (χ1n) is 8.83. The van der Waals surface area contributed by atoms with Gasteiger partial charge in [-0.15, -0.1) is 0 Å². The quantitative estimate of drug-likeness (QED) is 0.464. The van der Waals surface area contributed by atoms with Gasteiger partial charge in [-0.3, -0.25) is 4.68 Å². The maximum absolute atomic E-state index is 14.4. The molecular formula is C22H17F3N2O2. The minimum atomic E-state index is -0.950. The number of fused-ring (bicyclic) bond motifs is 1.